The first-order valence-corrected chi connectivity index (χ1v) is 9.70. The van der Waals surface area contributed by atoms with Crippen molar-refractivity contribution in [3.63, 3.8) is 0 Å². The number of unbranched alkanes of at least 4 members (excludes halogenated alkanes) is 3. The maximum Gasteiger partial charge on any atom is 0.238 e. The molecule has 0 radical (unpaired) electrons. The number of hydrogen-bond acceptors (Lipinski definition) is 2. The van der Waals surface area contributed by atoms with Crippen LogP contribution in [0.2, 0.25) is 5.02 Å². The number of fused-ring (bicyclic) bond motifs is 1. The van der Waals surface area contributed by atoms with Gasteiger partial charge in [0.2, 0.25) is 10.0 Å². The van der Waals surface area contributed by atoms with Crippen LogP contribution >= 0.6 is 23.2 Å². The van der Waals surface area contributed by atoms with Crippen molar-refractivity contribution in [1.82, 2.24) is 0 Å². The Morgan fingerprint density at radius 2 is 1.68 bits per heavy atom. The summed E-state index contributed by atoms with van der Waals surface area (Å²) in [6, 6.07) is 8.66. The van der Waals surface area contributed by atoms with Gasteiger partial charge >= 0.3 is 0 Å². The van der Waals surface area contributed by atoms with Crippen LogP contribution in [-0.2, 0) is 16.4 Å². The van der Waals surface area contributed by atoms with E-state index in [1.165, 1.54) is 6.07 Å². The normalized spacial score (nSPS) is 12.0. The second kappa shape index (κ2) is 7.64. The van der Waals surface area contributed by atoms with Crippen LogP contribution in [-0.4, -0.2) is 14.3 Å². The Bertz CT molecular complexity index is 760. The predicted molar refractivity (Wildman–Crippen MR) is 93.2 cm³/mol. The van der Waals surface area contributed by atoms with Gasteiger partial charge in [0.25, 0.3) is 0 Å². The smallest absolute Gasteiger partial charge is 0.225 e. The van der Waals surface area contributed by atoms with Crippen molar-refractivity contribution in [1.29, 1.82) is 0 Å². The maximum absolute atomic E-state index is 11.6. The summed E-state index contributed by atoms with van der Waals surface area (Å²) >= 11 is 12.1. The average molecular weight is 360 g/mol. The largest absolute Gasteiger partial charge is 0.238 e. The Morgan fingerprint density at radius 3 is 2.36 bits per heavy atom. The summed E-state index contributed by atoms with van der Waals surface area (Å²) in [7, 11) is -3.76. The van der Waals surface area contributed by atoms with E-state index in [-0.39, 0.29) is 4.90 Å². The van der Waals surface area contributed by atoms with Gasteiger partial charge in [-0.2, -0.15) is 0 Å². The number of halogens is 2. The van der Waals surface area contributed by atoms with E-state index >= 15 is 0 Å². The number of primary sulfonamides is 1. The van der Waals surface area contributed by atoms with Crippen molar-refractivity contribution in [2.75, 3.05) is 5.88 Å². The van der Waals surface area contributed by atoms with Crippen molar-refractivity contribution >= 4 is 44.0 Å². The number of hydrogen-bond donors (Lipinski definition) is 1. The molecule has 2 aromatic rings. The summed E-state index contributed by atoms with van der Waals surface area (Å²) in [5.74, 6) is 0.701. The molecule has 0 saturated heterocycles. The Kier molecular flexibility index (Phi) is 6.09. The molecule has 0 atom stereocenters. The fraction of sp³-hybridized carbons (Fsp3) is 0.375. The molecule has 0 bridgehead atoms. The molecule has 0 heterocycles. The molecule has 0 aromatic heterocycles. The van der Waals surface area contributed by atoms with Gasteiger partial charge in [0.15, 0.2) is 0 Å². The zero-order valence-corrected chi connectivity index (χ0v) is 14.5. The third kappa shape index (κ3) is 4.13. The van der Waals surface area contributed by atoms with Crippen LogP contribution in [0.15, 0.2) is 35.2 Å². The molecule has 2 rings (SSSR count). The highest BCUT2D eigenvalue weighted by Gasteiger charge is 2.14. The number of rotatable bonds is 7. The van der Waals surface area contributed by atoms with E-state index < -0.39 is 10.0 Å². The van der Waals surface area contributed by atoms with Gasteiger partial charge in [0, 0.05) is 16.7 Å². The molecular formula is C16H19Cl2NO2S. The highest BCUT2D eigenvalue weighted by molar-refractivity contribution is 7.89. The van der Waals surface area contributed by atoms with Crippen molar-refractivity contribution in [2.24, 2.45) is 5.14 Å². The molecule has 2 aromatic carbocycles. The van der Waals surface area contributed by atoms with Gasteiger partial charge in [-0.1, -0.05) is 48.7 Å². The van der Waals surface area contributed by atoms with E-state index in [0.717, 1.165) is 43.1 Å². The van der Waals surface area contributed by atoms with Crippen LogP contribution in [0.1, 0.15) is 31.2 Å². The Balaban J connectivity index is 2.27. The van der Waals surface area contributed by atoms with Crippen LogP contribution in [0.5, 0.6) is 0 Å². The Labute approximate surface area is 141 Å². The monoisotopic (exact) mass is 359 g/mol. The minimum absolute atomic E-state index is 0.112. The minimum Gasteiger partial charge on any atom is -0.225 e. The van der Waals surface area contributed by atoms with E-state index in [2.05, 4.69) is 0 Å². The van der Waals surface area contributed by atoms with E-state index in [4.69, 9.17) is 28.3 Å². The molecule has 120 valence electrons. The molecule has 0 saturated carbocycles. The highest BCUT2D eigenvalue weighted by Crippen LogP contribution is 2.31. The van der Waals surface area contributed by atoms with Crippen molar-refractivity contribution in [3.8, 4) is 0 Å². The van der Waals surface area contributed by atoms with Gasteiger partial charge in [0.1, 0.15) is 0 Å². The van der Waals surface area contributed by atoms with E-state index in [1.54, 1.807) is 12.1 Å². The lowest BCUT2D eigenvalue weighted by Crippen LogP contribution is -2.12. The molecular weight excluding hydrogens is 341 g/mol. The van der Waals surface area contributed by atoms with Crippen molar-refractivity contribution in [3.05, 3.63) is 40.9 Å². The SMILES string of the molecule is NS(=O)(=O)c1cccc2c(Cl)c(CCCCCCCl)ccc12. The van der Waals surface area contributed by atoms with Gasteiger partial charge in [-0.3, -0.25) is 0 Å². The summed E-state index contributed by atoms with van der Waals surface area (Å²) in [5.41, 5.74) is 1.03. The van der Waals surface area contributed by atoms with Crippen molar-refractivity contribution in [2.45, 2.75) is 37.0 Å². The third-order valence-electron chi connectivity index (χ3n) is 3.67. The number of sulfonamides is 1. The van der Waals surface area contributed by atoms with E-state index in [9.17, 15) is 8.42 Å². The number of nitrogens with two attached hydrogens (primary N) is 1. The van der Waals surface area contributed by atoms with Gasteiger partial charge in [0.05, 0.1) is 9.92 Å². The van der Waals surface area contributed by atoms with Crippen molar-refractivity contribution < 1.29 is 8.42 Å². The van der Waals surface area contributed by atoms with Crippen LogP contribution < -0.4 is 5.14 Å². The summed E-state index contributed by atoms with van der Waals surface area (Å²) in [4.78, 5) is 0.112. The minimum atomic E-state index is -3.76. The second-order valence-corrected chi connectivity index (χ2v) is 7.57. The van der Waals surface area contributed by atoms with Crippen LogP contribution in [0.4, 0.5) is 0 Å². The number of alkyl halides is 1. The first-order valence-electron chi connectivity index (χ1n) is 7.24. The first-order chi connectivity index (χ1) is 10.4. The van der Waals surface area contributed by atoms with Crippen LogP contribution in [0.25, 0.3) is 10.8 Å². The molecule has 0 spiro atoms. The fourth-order valence-electron chi connectivity index (χ4n) is 2.54. The topological polar surface area (TPSA) is 60.2 Å². The zero-order valence-electron chi connectivity index (χ0n) is 12.2. The standard InChI is InChI=1S/C16H19Cl2NO2S/c17-11-4-2-1-3-6-12-9-10-13-14(16(12)18)7-5-8-15(13)22(19,20)21/h5,7-10H,1-4,6,11H2,(H2,19,20,21). The lowest BCUT2D eigenvalue weighted by atomic mass is 10.0. The lowest BCUT2D eigenvalue weighted by Gasteiger charge is -2.10. The molecule has 0 aliphatic heterocycles. The predicted octanol–water partition coefficient (Wildman–Crippen LogP) is 4.48. The summed E-state index contributed by atoms with van der Waals surface area (Å²) < 4.78 is 23.3. The molecule has 0 unspecified atom stereocenters. The molecule has 22 heavy (non-hydrogen) atoms. The lowest BCUT2D eigenvalue weighted by molar-refractivity contribution is 0.598. The molecule has 2 N–H and O–H groups in total. The highest BCUT2D eigenvalue weighted by atomic mass is 35.5. The third-order valence-corrected chi connectivity index (χ3v) is 5.35. The molecule has 0 fully saturated rings. The quantitative estimate of drug-likeness (QED) is 0.584. The van der Waals surface area contributed by atoms with E-state index in [0.29, 0.717) is 16.3 Å². The van der Waals surface area contributed by atoms with Crippen LogP contribution in [0, 0.1) is 0 Å². The molecule has 0 aliphatic carbocycles. The number of aryl methyl sites for hydroxylation is 1. The van der Waals surface area contributed by atoms with Gasteiger partial charge in [-0.25, -0.2) is 13.6 Å². The second-order valence-electron chi connectivity index (χ2n) is 5.29. The average Bonchev–Trinajstić information content (AvgIpc) is 2.48. The first kappa shape index (κ1) is 17.5. The Hall–Kier alpha value is -0.810. The van der Waals surface area contributed by atoms with Gasteiger partial charge < -0.3 is 0 Å². The van der Waals surface area contributed by atoms with Gasteiger partial charge in [-0.15, -0.1) is 11.6 Å². The molecule has 3 nitrogen and oxygen atoms in total. The fourth-order valence-corrected chi connectivity index (χ4v) is 3.81. The number of benzene rings is 2. The van der Waals surface area contributed by atoms with Gasteiger partial charge in [-0.05, 0) is 30.9 Å². The maximum atomic E-state index is 11.6. The molecule has 0 amide bonds. The molecule has 6 heteroatoms. The van der Waals surface area contributed by atoms with E-state index in [1.807, 2.05) is 12.1 Å². The summed E-state index contributed by atoms with van der Waals surface area (Å²) in [6.45, 7) is 0. The van der Waals surface area contributed by atoms with Crippen LogP contribution in [0.3, 0.4) is 0 Å². The summed E-state index contributed by atoms with van der Waals surface area (Å²) in [5, 5.41) is 7.17. The Morgan fingerprint density at radius 1 is 0.955 bits per heavy atom. The zero-order chi connectivity index (χ0) is 16.2. The summed E-state index contributed by atoms with van der Waals surface area (Å²) in [6.07, 6.45) is 5.17. The molecule has 0 aliphatic rings.